The van der Waals surface area contributed by atoms with Crippen LogP contribution in [0.1, 0.15) is 22.4 Å². The normalized spacial score (nSPS) is 10.6. The molecule has 0 atom stereocenters. The number of hydrogen-bond acceptors (Lipinski definition) is 4. The fourth-order valence-corrected chi connectivity index (χ4v) is 3.29. The molecular weight excluding hydrogens is 288 g/mol. The first-order chi connectivity index (χ1) is 9.54. The van der Waals surface area contributed by atoms with Gasteiger partial charge in [-0.2, -0.15) is 0 Å². The van der Waals surface area contributed by atoms with E-state index in [0.717, 1.165) is 10.6 Å². The van der Waals surface area contributed by atoms with Crippen LogP contribution in [-0.4, -0.2) is 16.6 Å². The summed E-state index contributed by atoms with van der Waals surface area (Å²) in [5, 5.41) is 3.51. The second kappa shape index (κ2) is 6.90. The molecule has 0 radical (unpaired) electrons. The van der Waals surface area contributed by atoms with Crippen LogP contribution in [-0.2, 0) is 4.79 Å². The number of benzene rings is 1. The second-order valence-electron chi connectivity index (χ2n) is 4.67. The third-order valence-electron chi connectivity index (χ3n) is 2.94. The van der Waals surface area contributed by atoms with Gasteiger partial charge in [0.2, 0.25) is 5.91 Å². The Kier molecular flexibility index (Phi) is 5.20. The molecule has 1 aromatic heterocycles. The number of hydrogen-bond donors (Lipinski definition) is 1. The number of anilines is 1. The lowest BCUT2D eigenvalue weighted by atomic mass is 10.1. The van der Waals surface area contributed by atoms with Gasteiger partial charge in [-0.1, -0.05) is 6.07 Å². The van der Waals surface area contributed by atoms with Crippen molar-refractivity contribution in [3.05, 3.63) is 40.4 Å². The number of carbonyl (C=O) groups excluding carboxylic acids is 1. The lowest BCUT2D eigenvalue weighted by Crippen LogP contribution is -2.11. The summed E-state index contributed by atoms with van der Waals surface area (Å²) in [5.41, 5.74) is 2.59. The number of amides is 1. The smallest absolute Gasteiger partial charge is 0.226 e. The van der Waals surface area contributed by atoms with Crippen molar-refractivity contribution in [1.82, 2.24) is 4.98 Å². The molecule has 0 unspecified atom stereocenters. The van der Waals surface area contributed by atoms with Crippen LogP contribution in [0, 0.1) is 20.8 Å². The number of aryl methyl sites for hydroxylation is 3. The highest BCUT2D eigenvalue weighted by atomic mass is 32.2. The van der Waals surface area contributed by atoms with Crippen LogP contribution >= 0.6 is 23.1 Å². The molecule has 0 bridgehead atoms. The maximum atomic E-state index is 11.8. The Hall–Kier alpha value is -1.33. The lowest BCUT2D eigenvalue weighted by molar-refractivity contribution is -0.115. The maximum absolute atomic E-state index is 11.8. The molecule has 1 amide bonds. The van der Waals surface area contributed by atoms with Gasteiger partial charge in [-0.05, 0) is 44.0 Å². The molecule has 2 aromatic rings. The fourth-order valence-electron chi connectivity index (χ4n) is 1.66. The van der Waals surface area contributed by atoms with E-state index in [1.807, 2.05) is 6.92 Å². The van der Waals surface area contributed by atoms with Crippen LogP contribution in [0.15, 0.2) is 29.3 Å². The summed E-state index contributed by atoms with van der Waals surface area (Å²) in [6, 6.07) is 6.40. The molecule has 106 valence electrons. The molecular formula is C15H18N2OS2. The molecule has 2 rings (SSSR count). The van der Waals surface area contributed by atoms with E-state index in [9.17, 15) is 4.79 Å². The van der Waals surface area contributed by atoms with Crippen LogP contribution in [0.5, 0.6) is 0 Å². The highest BCUT2D eigenvalue weighted by Gasteiger charge is 2.06. The molecule has 0 saturated carbocycles. The largest absolute Gasteiger partial charge is 0.302 e. The zero-order valence-electron chi connectivity index (χ0n) is 11.9. The highest BCUT2D eigenvalue weighted by Crippen LogP contribution is 2.22. The Morgan fingerprint density at radius 3 is 2.75 bits per heavy atom. The molecule has 1 N–H and O–H groups in total. The maximum Gasteiger partial charge on any atom is 0.226 e. The lowest BCUT2D eigenvalue weighted by Gasteiger charge is -2.05. The Labute approximate surface area is 127 Å². The Balaban J connectivity index is 1.77. The molecule has 1 heterocycles. The molecule has 0 aliphatic heterocycles. The highest BCUT2D eigenvalue weighted by molar-refractivity contribution is 7.99. The Morgan fingerprint density at radius 2 is 2.10 bits per heavy atom. The topological polar surface area (TPSA) is 42.0 Å². The minimum absolute atomic E-state index is 0.0238. The van der Waals surface area contributed by atoms with E-state index in [1.165, 1.54) is 27.4 Å². The van der Waals surface area contributed by atoms with Gasteiger partial charge in [0.15, 0.2) is 5.13 Å². The van der Waals surface area contributed by atoms with Gasteiger partial charge in [0.1, 0.15) is 0 Å². The summed E-state index contributed by atoms with van der Waals surface area (Å²) < 4.78 is 0. The van der Waals surface area contributed by atoms with Crippen LogP contribution in [0.2, 0.25) is 0 Å². The first kappa shape index (κ1) is 15.1. The number of nitrogens with zero attached hydrogens (tertiary/aromatic N) is 1. The molecule has 0 saturated heterocycles. The molecule has 0 fully saturated rings. The summed E-state index contributed by atoms with van der Waals surface area (Å²) >= 11 is 3.21. The van der Waals surface area contributed by atoms with Gasteiger partial charge in [-0.15, -0.1) is 23.1 Å². The quantitative estimate of drug-likeness (QED) is 0.842. The monoisotopic (exact) mass is 306 g/mol. The van der Waals surface area contributed by atoms with Crippen molar-refractivity contribution in [2.45, 2.75) is 32.1 Å². The fraction of sp³-hybridized carbons (Fsp3) is 0.333. The number of aromatic nitrogens is 1. The number of nitrogens with one attached hydrogen (secondary N) is 1. The van der Waals surface area contributed by atoms with E-state index >= 15 is 0 Å². The van der Waals surface area contributed by atoms with Crippen LogP contribution in [0.4, 0.5) is 5.13 Å². The number of thiazole rings is 1. The second-order valence-corrected chi connectivity index (χ2v) is 7.07. The van der Waals surface area contributed by atoms with Crippen molar-refractivity contribution in [3.8, 4) is 0 Å². The van der Waals surface area contributed by atoms with Gasteiger partial charge >= 0.3 is 0 Å². The SMILES string of the molecule is Cc1cnc(NC(=O)CCSc2ccc(C)c(C)c2)s1. The van der Waals surface area contributed by atoms with Gasteiger partial charge in [0.05, 0.1) is 0 Å². The average molecular weight is 306 g/mol. The summed E-state index contributed by atoms with van der Waals surface area (Å²) in [6.45, 7) is 6.19. The van der Waals surface area contributed by atoms with Crippen LogP contribution < -0.4 is 5.32 Å². The van der Waals surface area contributed by atoms with Gasteiger partial charge in [-0.25, -0.2) is 4.98 Å². The van der Waals surface area contributed by atoms with Gasteiger partial charge in [0, 0.05) is 28.1 Å². The molecule has 0 spiro atoms. The summed E-state index contributed by atoms with van der Waals surface area (Å²) in [7, 11) is 0. The first-order valence-electron chi connectivity index (χ1n) is 6.47. The van der Waals surface area contributed by atoms with E-state index in [2.05, 4.69) is 42.3 Å². The van der Waals surface area contributed by atoms with E-state index in [1.54, 1.807) is 18.0 Å². The predicted molar refractivity (Wildman–Crippen MR) is 86.7 cm³/mol. The van der Waals surface area contributed by atoms with Gasteiger partial charge in [0.25, 0.3) is 0 Å². The van der Waals surface area contributed by atoms with Crippen LogP contribution in [0.25, 0.3) is 0 Å². The van der Waals surface area contributed by atoms with Crippen LogP contribution in [0.3, 0.4) is 0 Å². The average Bonchev–Trinajstić information content (AvgIpc) is 2.79. The van der Waals surface area contributed by atoms with Crippen molar-refractivity contribution in [1.29, 1.82) is 0 Å². The third-order valence-corrected chi connectivity index (χ3v) is 4.77. The number of thioether (sulfide) groups is 1. The number of rotatable bonds is 5. The third kappa shape index (κ3) is 4.35. The summed E-state index contributed by atoms with van der Waals surface area (Å²) in [6.07, 6.45) is 2.26. The first-order valence-corrected chi connectivity index (χ1v) is 8.27. The van der Waals surface area contributed by atoms with Crippen molar-refractivity contribution in [2.24, 2.45) is 0 Å². The van der Waals surface area contributed by atoms with Crippen molar-refractivity contribution in [3.63, 3.8) is 0 Å². The zero-order chi connectivity index (χ0) is 14.5. The predicted octanol–water partition coefficient (Wildman–Crippen LogP) is 4.19. The minimum Gasteiger partial charge on any atom is -0.302 e. The van der Waals surface area contributed by atoms with Crippen molar-refractivity contribution < 1.29 is 4.79 Å². The molecule has 5 heteroatoms. The minimum atomic E-state index is 0.0238. The van der Waals surface area contributed by atoms with Crippen molar-refractivity contribution >= 4 is 34.1 Å². The summed E-state index contributed by atoms with van der Waals surface area (Å²) in [5.74, 6) is 0.800. The standard InChI is InChI=1S/C15H18N2OS2/c1-10-4-5-13(8-11(10)2)19-7-6-14(18)17-15-16-9-12(3)20-15/h4-5,8-9H,6-7H2,1-3H3,(H,16,17,18). The molecule has 1 aromatic carbocycles. The van der Waals surface area contributed by atoms with E-state index in [-0.39, 0.29) is 5.91 Å². The van der Waals surface area contributed by atoms with E-state index < -0.39 is 0 Å². The Morgan fingerprint density at radius 1 is 1.30 bits per heavy atom. The van der Waals surface area contributed by atoms with Gasteiger partial charge in [-0.3, -0.25) is 4.79 Å². The van der Waals surface area contributed by atoms with Crippen molar-refractivity contribution in [2.75, 3.05) is 11.1 Å². The Bertz CT molecular complexity index is 608. The van der Waals surface area contributed by atoms with E-state index in [4.69, 9.17) is 0 Å². The van der Waals surface area contributed by atoms with E-state index in [0.29, 0.717) is 11.6 Å². The molecule has 0 aliphatic carbocycles. The summed E-state index contributed by atoms with van der Waals surface area (Å²) in [4.78, 5) is 18.2. The molecule has 3 nitrogen and oxygen atoms in total. The molecule has 20 heavy (non-hydrogen) atoms. The zero-order valence-corrected chi connectivity index (χ0v) is 13.5. The van der Waals surface area contributed by atoms with Gasteiger partial charge < -0.3 is 5.32 Å². The molecule has 0 aliphatic rings. The number of carbonyl (C=O) groups is 1.